The zero-order chi connectivity index (χ0) is 47.8. The van der Waals surface area contributed by atoms with E-state index in [-0.39, 0.29) is 58.9 Å². The molecule has 0 radical (unpaired) electrons. The predicted octanol–water partition coefficient (Wildman–Crippen LogP) is 5.29. The largest absolute Gasteiger partial charge is 4.00 e. The van der Waals surface area contributed by atoms with Gasteiger partial charge >= 0.3 is 21.7 Å². The molecule has 1 fully saturated rings. The summed E-state index contributed by atoms with van der Waals surface area (Å²) in [4.78, 5) is 0. The molecule has 0 bridgehead atoms. The quantitative estimate of drug-likeness (QED) is 0.0702. The predicted molar refractivity (Wildman–Crippen MR) is 302 cm³/mol. The Morgan fingerprint density at radius 1 is 0.320 bits per heavy atom. The van der Waals surface area contributed by atoms with Crippen LogP contribution < -0.4 is 52.8 Å². The summed E-state index contributed by atoms with van der Waals surface area (Å²) in [5.41, 5.74) is 16.7. The smallest absolute Gasteiger partial charge is 1.00 e. The van der Waals surface area contributed by atoms with E-state index in [0.717, 1.165) is 38.5 Å². The van der Waals surface area contributed by atoms with E-state index >= 15 is 0 Å². The maximum Gasteiger partial charge on any atom is 4.00 e. The molecule has 1 saturated carbocycles. The second-order valence-corrected chi connectivity index (χ2v) is 24.4. The van der Waals surface area contributed by atoms with Gasteiger partial charge in [-0.15, -0.1) is 12.0 Å². The fourth-order valence-corrected chi connectivity index (χ4v) is 18.8. The summed E-state index contributed by atoms with van der Waals surface area (Å²) in [7, 11) is -3.17. The van der Waals surface area contributed by atoms with Gasteiger partial charge in [0.15, 0.2) is 0 Å². The monoisotopic (exact) mass is 1080 g/mol. The Balaban J connectivity index is 0.00000205. The van der Waals surface area contributed by atoms with Crippen molar-refractivity contribution in [3.63, 3.8) is 0 Å². The van der Waals surface area contributed by atoms with Crippen molar-refractivity contribution < 1.29 is 58.9 Å². The average molecular weight is 1090 g/mol. The summed E-state index contributed by atoms with van der Waals surface area (Å²) in [5.74, 6) is 1.07. The number of rotatable bonds is 16. The number of halogens is 3. The fraction of sp³-hybridized carbons (Fsp3) is 0.157. The van der Waals surface area contributed by atoms with E-state index in [1.54, 1.807) is 0 Å². The Hall–Kier alpha value is -5.74. The molecule has 0 spiro atoms. The molecule has 0 aliphatic heterocycles. The zero-order valence-corrected chi connectivity index (χ0v) is 47.4. The van der Waals surface area contributed by atoms with Crippen LogP contribution in [0.4, 0.5) is 0 Å². The second-order valence-electron chi connectivity index (χ2n) is 20.4. The van der Waals surface area contributed by atoms with Gasteiger partial charge in [-0.1, -0.05) is 267 Å². The summed E-state index contributed by atoms with van der Waals surface area (Å²) >= 11 is 0. The van der Waals surface area contributed by atoms with E-state index in [0.29, 0.717) is 23.3 Å². The molecule has 0 N–H and O–H groups in total. The molecule has 4 unspecified atom stereocenters. The third-order valence-corrected chi connectivity index (χ3v) is 20.8. The Kier molecular flexibility index (Phi) is 20.4. The number of benzene rings is 9. The van der Waals surface area contributed by atoms with E-state index < -0.39 is 8.07 Å². The van der Waals surface area contributed by atoms with Crippen LogP contribution in [0.25, 0.3) is 0 Å². The standard InChI is InChI=1S/C70H63Si.3ClH.Ti/c1-52-36-65-34-20-21-35-69(65)70(52)71(66-46-59(37-53-22-8-2-9-23-53)43-60(47-66)38-54-24-10-3-11-25-54,67-48-61(39-55-26-12-4-13-27-55)44-62(49-67)40-56-28-14-5-15-29-56)68-50-63(41-57-30-16-6-17-31-57)45-64(51-68)42-58-32-18-7-19-33-58;;;;/h2-36,43-52,65,69-70H,37-42H2,1H3;3*1H;/q-1;;;;+4/p-3. The molecule has 2 aliphatic carbocycles. The molecular formula is C70H63Cl3SiTi. The van der Waals surface area contributed by atoms with E-state index in [1.165, 1.54) is 82.3 Å². The number of allylic oxidation sites excluding steroid dienone is 4. The first-order chi connectivity index (χ1) is 35.0. The van der Waals surface area contributed by atoms with Crippen molar-refractivity contribution in [2.75, 3.05) is 0 Å². The maximum absolute atomic E-state index is 3.17. The molecule has 0 heterocycles. The van der Waals surface area contributed by atoms with Crippen LogP contribution in [0.3, 0.4) is 0 Å². The summed E-state index contributed by atoms with van der Waals surface area (Å²) in [6.07, 6.45) is 17.7. The number of hydrogen-bond acceptors (Lipinski definition) is 0. The summed E-state index contributed by atoms with van der Waals surface area (Å²) in [6, 6.07) is 90.6. The van der Waals surface area contributed by atoms with Gasteiger partial charge < -0.3 is 43.6 Å². The van der Waals surface area contributed by atoms with Crippen molar-refractivity contribution in [3.05, 3.63) is 334 Å². The van der Waals surface area contributed by atoms with Gasteiger partial charge in [0.2, 0.25) is 0 Å². The molecular weight excluding hydrogens is 1020 g/mol. The van der Waals surface area contributed by atoms with Crippen molar-refractivity contribution in [1.82, 2.24) is 0 Å². The van der Waals surface area contributed by atoms with Crippen molar-refractivity contribution in [1.29, 1.82) is 0 Å². The van der Waals surface area contributed by atoms with Gasteiger partial charge in [-0.2, -0.15) is 5.92 Å². The van der Waals surface area contributed by atoms with Crippen LogP contribution in [0, 0.1) is 24.2 Å². The topological polar surface area (TPSA) is 0 Å². The Morgan fingerprint density at radius 2 is 0.560 bits per heavy atom. The third kappa shape index (κ3) is 13.5. The van der Waals surface area contributed by atoms with Gasteiger partial charge in [0.1, 0.15) is 8.07 Å². The number of fused-ring (bicyclic) bond motifs is 1. The molecule has 5 heteroatoms. The van der Waals surface area contributed by atoms with Crippen molar-refractivity contribution in [2.45, 2.75) is 51.0 Å². The van der Waals surface area contributed by atoms with Crippen LogP contribution in [0.2, 0.25) is 5.54 Å². The van der Waals surface area contributed by atoms with Gasteiger partial charge in [0, 0.05) is 0 Å². The minimum atomic E-state index is -3.17. The second kappa shape index (κ2) is 26.8. The summed E-state index contributed by atoms with van der Waals surface area (Å²) in [5, 5.41) is 4.57. The first kappa shape index (κ1) is 57.0. The van der Waals surface area contributed by atoms with Crippen LogP contribution in [0.1, 0.15) is 73.7 Å². The normalized spacial score (nSPS) is 16.3. The minimum Gasteiger partial charge on any atom is -1.00 e. The van der Waals surface area contributed by atoms with Crippen LogP contribution in [-0.4, -0.2) is 8.07 Å². The van der Waals surface area contributed by atoms with Gasteiger partial charge in [-0.3, -0.25) is 0 Å². The molecule has 75 heavy (non-hydrogen) atoms. The minimum absolute atomic E-state index is 0. The summed E-state index contributed by atoms with van der Waals surface area (Å²) < 4.78 is 0. The summed E-state index contributed by atoms with van der Waals surface area (Å²) in [6.45, 7) is 2.56. The molecule has 0 amide bonds. The molecule has 0 aromatic heterocycles. The average Bonchev–Trinajstić information content (AvgIpc) is 3.74. The van der Waals surface area contributed by atoms with Gasteiger partial charge in [0.05, 0.1) is 0 Å². The van der Waals surface area contributed by atoms with Crippen LogP contribution >= 0.6 is 0 Å². The molecule has 4 atom stereocenters. The first-order valence-electron chi connectivity index (χ1n) is 25.9. The Morgan fingerprint density at radius 3 is 0.813 bits per heavy atom. The molecule has 0 saturated heterocycles. The van der Waals surface area contributed by atoms with Gasteiger partial charge in [-0.05, 0) is 127 Å². The van der Waals surface area contributed by atoms with Gasteiger partial charge in [0.25, 0.3) is 0 Å². The van der Waals surface area contributed by atoms with Crippen molar-refractivity contribution in [2.24, 2.45) is 17.8 Å². The van der Waals surface area contributed by atoms with Gasteiger partial charge in [-0.25, -0.2) is 0 Å². The number of hydrogen-bond donors (Lipinski definition) is 0. The van der Waals surface area contributed by atoms with E-state index in [2.05, 4.69) is 274 Å². The Bertz CT molecular complexity index is 2760. The van der Waals surface area contributed by atoms with Crippen molar-refractivity contribution >= 4 is 23.6 Å². The molecule has 2 aliphatic rings. The van der Waals surface area contributed by atoms with Crippen LogP contribution in [0.5, 0.6) is 0 Å². The SMILES string of the molecule is CC1[CH-]C2C=CC=CC2C1[Si](c1cc(Cc2ccccc2)cc(Cc2ccccc2)c1)(c1cc(Cc2ccccc2)cc(Cc2ccccc2)c1)c1cc(Cc2ccccc2)cc(Cc2ccccc2)c1.[Cl-].[Cl-].[Cl-].[Ti+4]. The van der Waals surface area contributed by atoms with E-state index in [4.69, 9.17) is 0 Å². The zero-order valence-electron chi connectivity index (χ0n) is 42.6. The molecule has 372 valence electrons. The van der Waals surface area contributed by atoms with E-state index in [9.17, 15) is 0 Å². The van der Waals surface area contributed by atoms with Crippen molar-refractivity contribution in [3.8, 4) is 0 Å². The van der Waals surface area contributed by atoms with E-state index in [1.807, 2.05) is 0 Å². The molecule has 9 aromatic carbocycles. The first-order valence-corrected chi connectivity index (χ1v) is 27.9. The molecule has 9 aromatic rings. The molecule has 11 rings (SSSR count). The molecule has 0 nitrogen and oxygen atoms in total. The maximum atomic E-state index is 2.72. The Labute approximate surface area is 481 Å². The fourth-order valence-electron chi connectivity index (χ4n) is 12.3. The van der Waals surface area contributed by atoms with Crippen LogP contribution in [0.15, 0.2) is 261 Å². The third-order valence-electron chi connectivity index (χ3n) is 15.3. The van der Waals surface area contributed by atoms with Crippen LogP contribution in [-0.2, 0) is 60.2 Å².